The number of anilines is 2. The molecule has 26 heavy (non-hydrogen) atoms. The van der Waals surface area contributed by atoms with Crippen molar-refractivity contribution < 1.29 is 19.0 Å². The number of hydrogen-bond acceptors (Lipinski definition) is 7. The van der Waals surface area contributed by atoms with Crippen LogP contribution < -0.4 is 19.7 Å². The highest BCUT2D eigenvalue weighted by atomic mass is 16.5. The number of rotatable bonds is 8. The van der Waals surface area contributed by atoms with E-state index in [0.29, 0.717) is 35.7 Å². The van der Waals surface area contributed by atoms with Crippen LogP contribution in [0.1, 0.15) is 39.5 Å². The number of methoxy groups -OCH3 is 3. The number of nitrogens with one attached hydrogen (secondary N) is 1. The van der Waals surface area contributed by atoms with E-state index in [2.05, 4.69) is 34.0 Å². The normalized spacial score (nSPS) is 15.2. The minimum Gasteiger partial charge on any atom is -0.479 e. The van der Waals surface area contributed by atoms with Crippen LogP contribution in [0.4, 0.5) is 11.6 Å². The zero-order valence-corrected chi connectivity index (χ0v) is 16.4. The Labute approximate surface area is 155 Å². The van der Waals surface area contributed by atoms with Crippen molar-refractivity contribution in [2.75, 3.05) is 44.6 Å². The van der Waals surface area contributed by atoms with Crippen LogP contribution in [0.15, 0.2) is 0 Å². The van der Waals surface area contributed by atoms with Gasteiger partial charge in [0.15, 0.2) is 5.69 Å². The molecule has 1 aliphatic rings. The zero-order valence-electron chi connectivity index (χ0n) is 16.4. The molecule has 0 spiro atoms. The van der Waals surface area contributed by atoms with Gasteiger partial charge in [-0.1, -0.05) is 13.8 Å². The average Bonchev–Trinajstić information content (AvgIpc) is 2.66. The van der Waals surface area contributed by atoms with E-state index in [1.54, 1.807) is 7.11 Å². The highest BCUT2D eigenvalue weighted by Gasteiger charge is 2.25. The second kappa shape index (κ2) is 9.56. The van der Waals surface area contributed by atoms with Crippen molar-refractivity contribution >= 4 is 17.5 Å². The van der Waals surface area contributed by atoms with E-state index in [-0.39, 0.29) is 12.0 Å². The van der Waals surface area contributed by atoms with Crippen LogP contribution in [0.5, 0.6) is 11.8 Å². The Morgan fingerprint density at radius 2 is 1.73 bits per heavy atom. The SMILES string of the molecule is COc1nc(N2CCC(OC)CC2)nc(OC)c1NC(=O)CCC(C)C. The van der Waals surface area contributed by atoms with Gasteiger partial charge in [-0.2, -0.15) is 9.97 Å². The Kier molecular flexibility index (Phi) is 7.44. The molecule has 1 aromatic heterocycles. The van der Waals surface area contributed by atoms with Crippen LogP contribution in [0, 0.1) is 5.92 Å². The highest BCUT2D eigenvalue weighted by molar-refractivity contribution is 5.93. The zero-order chi connectivity index (χ0) is 19.1. The third kappa shape index (κ3) is 5.20. The third-order valence-electron chi connectivity index (χ3n) is 4.49. The summed E-state index contributed by atoms with van der Waals surface area (Å²) in [4.78, 5) is 23.2. The van der Waals surface area contributed by atoms with Crippen molar-refractivity contribution in [1.82, 2.24) is 9.97 Å². The number of hydrogen-bond donors (Lipinski definition) is 1. The number of nitrogens with zero attached hydrogens (tertiary/aromatic N) is 3. The van der Waals surface area contributed by atoms with Gasteiger partial charge in [0, 0.05) is 26.6 Å². The standard InChI is InChI=1S/C18H30N4O4/c1-12(2)6-7-14(23)19-15-16(25-4)20-18(21-17(15)26-5)22-10-8-13(24-3)9-11-22/h12-13H,6-11H2,1-5H3,(H,19,23). The van der Waals surface area contributed by atoms with E-state index < -0.39 is 0 Å². The molecule has 0 unspecified atom stereocenters. The smallest absolute Gasteiger partial charge is 0.246 e. The molecular formula is C18H30N4O4. The van der Waals surface area contributed by atoms with Gasteiger partial charge < -0.3 is 24.4 Å². The molecule has 0 bridgehead atoms. The quantitative estimate of drug-likeness (QED) is 0.756. The van der Waals surface area contributed by atoms with E-state index >= 15 is 0 Å². The molecule has 0 radical (unpaired) electrons. The van der Waals surface area contributed by atoms with Crippen LogP contribution >= 0.6 is 0 Å². The molecule has 1 amide bonds. The Balaban J connectivity index is 2.18. The van der Waals surface area contributed by atoms with E-state index in [1.165, 1.54) is 14.2 Å². The first-order chi connectivity index (χ1) is 12.5. The lowest BCUT2D eigenvalue weighted by molar-refractivity contribution is -0.116. The van der Waals surface area contributed by atoms with Crippen molar-refractivity contribution in [3.05, 3.63) is 0 Å². The molecule has 2 heterocycles. The van der Waals surface area contributed by atoms with Gasteiger partial charge in [0.25, 0.3) is 0 Å². The minimum atomic E-state index is -0.104. The summed E-state index contributed by atoms with van der Waals surface area (Å²) in [5.41, 5.74) is 0.374. The first-order valence-corrected chi connectivity index (χ1v) is 9.06. The highest BCUT2D eigenvalue weighted by Crippen LogP contribution is 2.34. The fraction of sp³-hybridized carbons (Fsp3) is 0.722. The molecule has 1 aliphatic heterocycles. The van der Waals surface area contributed by atoms with Crippen molar-refractivity contribution in [3.63, 3.8) is 0 Å². The fourth-order valence-electron chi connectivity index (χ4n) is 2.87. The van der Waals surface area contributed by atoms with Gasteiger partial charge in [0.2, 0.25) is 23.6 Å². The topological polar surface area (TPSA) is 85.8 Å². The molecule has 0 aliphatic carbocycles. The van der Waals surface area contributed by atoms with Gasteiger partial charge in [-0.15, -0.1) is 0 Å². The van der Waals surface area contributed by atoms with Gasteiger partial charge in [-0.25, -0.2) is 0 Å². The van der Waals surface area contributed by atoms with Crippen LogP contribution in [-0.4, -0.2) is 56.4 Å². The second-order valence-corrected chi connectivity index (χ2v) is 6.82. The molecule has 0 aromatic carbocycles. The maximum Gasteiger partial charge on any atom is 0.246 e. The summed E-state index contributed by atoms with van der Waals surface area (Å²) >= 11 is 0. The first-order valence-electron chi connectivity index (χ1n) is 9.06. The van der Waals surface area contributed by atoms with E-state index in [0.717, 1.165) is 32.4 Å². The van der Waals surface area contributed by atoms with Gasteiger partial charge >= 0.3 is 0 Å². The van der Waals surface area contributed by atoms with E-state index in [4.69, 9.17) is 14.2 Å². The molecule has 1 aromatic rings. The molecule has 146 valence electrons. The van der Waals surface area contributed by atoms with Crippen LogP contribution in [0.25, 0.3) is 0 Å². The summed E-state index contributed by atoms with van der Waals surface area (Å²) in [6.07, 6.45) is 3.34. The summed E-state index contributed by atoms with van der Waals surface area (Å²) in [6.45, 7) is 5.76. The Morgan fingerprint density at radius 1 is 1.15 bits per heavy atom. The lowest BCUT2D eigenvalue weighted by Crippen LogP contribution is -2.37. The molecule has 1 fully saturated rings. The van der Waals surface area contributed by atoms with E-state index in [1.807, 2.05) is 0 Å². The van der Waals surface area contributed by atoms with Crippen LogP contribution in [0.3, 0.4) is 0 Å². The average molecular weight is 366 g/mol. The number of ether oxygens (including phenoxy) is 3. The van der Waals surface area contributed by atoms with Crippen molar-refractivity contribution in [1.29, 1.82) is 0 Å². The Bertz CT molecular complexity index is 576. The van der Waals surface area contributed by atoms with Gasteiger partial charge in [-0.3, -0.25) is 4.79 Å². The van der Waals surface area contributed by atoms with Crippen molar-refractivity contribution in [2.24, 2.45) is 5.92 Å². The van der Waals surface area contributed by atoms with Gasteiger partial charge in [0.05, 0.1) is 20.3 Å². The van der Waals surface area contributed by atoms with Gasteiger partial charge in [-0.05, 0) is 25.2 Å². The van der Waals surface area contributed by atoms with Crippen LogP contribution in [-0.2, 0) is 9.53 Å². The summed E-state index contributed by atoms with van der Waals surface area (Å²) in [5, 5.41) is 2.83. The number of aromatic nitrogens is 2. The number of amides is 1. The third-order valence-corrected chi connectivity index (χ3v) is 4.49. The predicted molar refractivity (Wildman–Crippen MR) is 100 cm³/mol. The van der Waals surface area contributed by atoms with Crippen molar-refractivity contribution in [3.8, 4) is 11.8 Å². The summed E-state index contributed by atoms with van der Waals surface area (Å²) < 4.78 is 16.2. The summed E-state index contributed by atoms with van der Waals surface area (Å²) in [7, 11) is 4.78. The second-order valence-electron chi connectivity index (χ2n) is 6.82. The monoisotopic (exact) mass is 366 g/mol. The fourth-order valence-corrected chi connectivity index (χ4v) is 2.87. The summed E-state index contributed by atoms with van der Waals surface area (Å²) in [6, 6.07) is 0. The molecule has 1 saturated heterocycles. The van der Waals surface area contributed by atoms with E-state index in [9.17, 15) is 4.79 Å². The first kappa shape index (κ1) is 20.2. The lowest BCUT2D eigenvalue weighted by Gasteiger charge is -2.31. The Hall–Kier alpha value is -2.09. The minimum absolute atomic E-state index is 0.104. The molecule has 0 saturated carbocycles. The van der Waals surface area contributed by atoms with Crippen molar-refractivity contribution in [2.45, 2.75) is 45.6 Å². The molecule has 1 N–H and O–H groups in total. The predicted octanol–water partition coefficient (Wildman–Crippen LogP) is 2.48. The lowest BCUT2D eigenvalue weighted by atomic mass is 10.1. The maximum atomic E-state index is 12.2. The Morgan fingerprint density at radius 3 is 2.19 bits per heavy atom. The molecular weight excluding hydrogens is 336 g/mol. The number of carbonyl (C=O) groups is 1. The molecule has 2 rings (SSSR count). The number of carbonyl (C=O) groups excluding carboxylic acids is 1. The molecule has 8 nitrogen and oxygen atoms in total. The largest absolute Gasteiger partial charge is 0.479 e. The van der Waals surface area contributed by atoms with Gasteiger partial charge in [0.1, 0.15) is 0 Å². The van der Waals surface area contributed by atoms with Crippen LogP contribution in [0.2, 0.25) is 0 Å². The molecule has 0 atom stereocenters. The number of piperidine rings is 1. The summed E-state index contributed by atoms with van der Waals surface area (Å²) in [5.74, 6) is 1.50. The molecule has 8 heteroatoms. The maximum absolute atomic E-state index is 12.2.